The zero-order valence-corrected chi connectivity index (χ0v) is 10.6. The average Bonchev–Trinajstić information content (AvgIpc) is 2.45. The Morgan fingerprint density at radius 3 is 2.07 bits per heavy atom. The number of rotatable bonds is 3. The average molecular weight is 207 g/mol. The van der Waals surface area contributed by atoms with Crippen LogP contribution in [0.25, 0.3) is 0 Å². The molecule has 2 nitrogen and oxygen atoms in total. The van der Waals surface area contributed by atoms with Crippen LogP contribution in [0.5, 0.6) is 0 Å². The van der Waals surface area contributed by atoms with Crippen LogP contribution in [-0.4, -0.2) is 10.8 Å². The number of carbonyl (C=O) groups excluding carboxylic acids is 1. The zero-order chi connectivity index (χ0) is 11.8. The maximum absolute atomic E-state index is 12.3. The van der Waals surface area contributed by atoms with Crippen molar-refractivity contribution in [2.75, 3.05) is 0 Å². The van der Waals surface area contributed by atoms with Crippen molar-refractivity contribution >= 4 is 5.78 Å². The van der Waals surface area contributed by atoms with Gasteiger partial charge in [0.05, 0.1) is 5.69 Å². The van der Waals surface area contributed by atoms with Crippen molar-refractivity contribution in [3.05, 3.63) is 22.5 Å². The molecular weight excluding hydrogens is 186 g/mol. The summed E-state index contributed by atoms with van der Waals surface area (Å²) in [5.74, 6) is 0.221. The third-order valence-electron chi connectivity index (χ3n) is 3.54. The van der Waals surface area contributed by atoms with E-state index in [0.29, 0.717) is 0 Å². The van der Waals surface area contributed by atoms with Gasteiger partial charge in [0.15, 0.2) is 5.78 Å². The lowest BCUT2D eigenvalue weighted by atomic mass is 9.83. The summed E-state index contributed by atoms with van der Waals surface area (Å²) in [7, 11) is 0. The van der Waals surface area contributed by atoms with Crippen molar-refractivity contribution in [3.63, 3.8) is 0 Å². The Bertz CT molecular complexity index is 385. The van der Waals surface area contributed by atoms with Gasteiger partial charge in [-0.15, -0.1) is 0 Å². The number of nitrogens with one attached hydrogen (secondary N) is 1. The smallest absolute Gasteiger partial charge is 0.184 e. The molecule has 0 atom stereocenters. The van der Waals surface area contributed by atoms with Crippen LogP contribution < -0.4 is 0 Å². The van der Waals surface area contributed by atoms with Crippen LogP contribution in [0, 0.1) is 26.2 Å². The molecule has 15 heavy (non-hydrogen) atoms. The van der Waals surface area contributed by atoms with Crippen LogP contribution in [0.3, 0.4) is 0 Å². The molecule has 0 saturated heterocycles. The molecule has 0 radical (unpaired) electrons. The highest BCUT2D eigenvalue weighted by atomic mass is 16.1. The Morgan fingerprint density at radius 2 is 1.73 bits per heavy atom. The summed E-state index contributed by atoms with van der Waals surface area (Å²) in [6.07, 6.45) is 0.863. The highest BCUT2D eigenvalue weighted by Crippen LogP contribution is 2.28. The van der Waals surface area contributed by atoms with Gasteiger partial charge in [0.2, 0.25) is 0 Å². The van der Waals surface area contributed by atoms with Crippen molar-refractivity contribution < 1.29 is 4.79 Å². The van der Waals surface area contributed by atoms with E-state index in [2.05, 4.69) is 18.8 Å². The molecule has 0 spiro atoms. The predicted molar refractivity (Wildman–Crippen MR) is 63.4 cm³/mol. The van der Waals surface area contributed by atoms with E-state index in [1.807, 2.05) is 27.7 Å². The van der Waals surface area contributed by atoms with E-state index in [1.165, 1.54) is 5.56 Å². The number of carbonyl (C=O) groups is 1. The van der Waals surface area contributed by atoms with Gasteiger partial charge >= 0.3 is 0 Å². The maximum atomic E-state index is 12.3. The Morgan fingerprint density at radius 1 is 1.20 bits per heavy atom. The molecular formula is C13H21NO. The second-order valence-electron chi connectivity index (χ2n) is 4.94. The lowest BCUT2D eigenvalue weighted by Crippen LogP contribution is -2.24. The molecule has 0 aliphatic rings. The summed E-state index contributed by atoms with van der Waals surface area (Å²) in [5, 5.41) is 0. The predicted octanol–water partition coefficient (Wildman–Crippen LogP) is 3.56. The van der Waals surface area contributed by atoms with Gasteiger partial charge in [0.25, 0.3) is 0 Å². The Hall–Kier alpha value is -1.05. The van der Waals surface area contributed by atoms with Gasteiger partial charge in [-0.2, -0.15) is 0 Å². The summed E-state index contributed by atoms with van der Waals surface area (Å²) < 4.78 is 0. The lowest BCUT2D eigenvalue weighted by Gasteiger charge is -2.20. The van der Waals surface area contributed by atoms with Crippen LogP contribution in [0.2, 0.25) is 0 Å². The van der Waals surface area contributed by atoms with E-state index in [0.717, 1.165) is 23.4 Å². The fourth-order valence-electron chi connectivity index (χ4n) is 1.57. The van der Waals surface area contributed by atoms with Gasteiger partial charge in [-0.05, 0) is 38.3 Å². The topological polar surface area (TPSA) is 32.9 Å². The van der Waals surface area contributed by atoms with Crippen LogP contribution in [-0.2, 0) is 0 Å². The molecule has 1 rings (SSSR count). The largest absolute Gasteiger partial charge is 0.356 e. The van der Waals surface area contributed by atoms with Gasteiger partial charge in [0, 0.05) is 11.1 Å². The molecule has 0 saturated carbocycles. The van der Waals surface area contributed by atoms with E-state index >= 15 is 0 Å². The number of hydrogen-bond acceptors (Lipinski definition) is 1. The van der Waals surface area contributed by atoms with E-state index < -0.39 is 0 Å². The van der Waals surface area contributed by atoms with Crippen molar-refractivity contribution in [1.29, 1.82) is 0 Å². The third kappa shape index (κ3) is 1.99. The van der Waals surface area contributed by atoms with Crippen LogP contribution >= 0.6 is 0 Å². The van der Waals surface area contributed by atoms with Crippen molar-refractivity contribution in [2.24, 2.45) is 5.41 Å². The van der Waals surface area contributed by atoms with Crippen LogP contribution in [0.15, 0.2) is 0 Å². The maximum Gasteiger partial charge on any atom is 0.184 e. The quantitative estimate of drug-likeness (QED) is 0.755. The molecule has 0 unspecified atom stereocenters. The van der Waals surface area contributed by atoms with Gasteiger partial charge < -0.3 is 4.98 Å². The van der Waals surface area contributed by atoms with Crippen molar-refractivity contribution in [3.8, 4) is 0 Å². The Kier molecular flexibility index (Phi) is 3.08. The number of aromatic nitrogens is 1. The summed E-state index contributed by atoms with van der Waals surface area (Å²) in [6.45, 7) is 12.1. The zero-order valence-electron chi connectivity index (χ0n) is 10.6. The van der Waals surface area contributed by atoms with E-state index in [-0.39, 0.29) is 11.2 Å². The SMILES string of the molecule is CCC(C)(C)C(=O)c1[nH]c(C)c(C)c1C. The number of aryl methyl sites for hydroxylation is 1. The van der Waals surface area contributed by atoms with Crippen molar-refractivity contribution in [1.82, 2.24) is 4.98 Å². The second kappa shape index (κ2) is 3.84. The first kappa shape index (κ1) is 12.0. The van der Waals surface area contributed by atoms with Gasteiger partial charge in [-0.3, -0.25) is 4.79 Å². The molecule has 2 heteroatoms. The summed E-state index contributed by atoms with van der Waals surface area (Å²) in [5.41, 5.74) is 3.91. The molecule has 1 aromatic heterocycles. The summed E-state index contributed by atoms with van der Waals surface area (Å²) >= 11 is 0. The van der Waals surface area contributed by atoms with Crippen LogP contribution in [0.4, 0.5) is 0 Å². The summed E-state index contributed by atoms with van der Waals surface area (Å²) in [4.78, 5) is 15.5. The number of hydrogen-bond donors (Lipinski definition) is 1. The molecule has 0 aliphatic carbocycles. The minimum Gasteiger partial charge on any atom is -0.356 e. The van der Waals surface area contributed by atoms with E-state index in [1.54, 1.807) is 0 Å². The number of aromatic amines is 1. The monoisotopic (exact) mass is 207 g/mol. The van der Waals surface area contributed by atoms with Gasteiger partial charge in [-0.1, -0.05) is 20.8 Å². The highest BCUT2D eigenvalue weighted by molar-refractivity contribution is 6.00. The molecule has 1 heterocycles. The minimum atomic E-state index is -0.269. The van der Waals surface area contributed by atoms with Gasteiger partial charge in [0.1, 0.15) is 0 Å². The fraction of sp³-hybridized carbons (Fsp3) is 0.615. The number of H-pyrrole nitrogens is 1. The fourth-order valence-corrected chi connectivity index (χ4v) is 1.57. The summed E-state index contributed by atoms with van der Waals surface area (Å²) in [6, 6.07) is 0. The first-order valence-corrected chi connectivity index (χ1v) is 5.51. The highest BCUT2D eigenvalue weighted by Gasteiger charge is 2.29. The first-order valence-electron chi connectivity index (χ1n) is 5.51. The van der Waals surface area contributed by atoms with E-state index in [9.17, 15) is 4.79 Å². The standard InChI is InChI=1S/C13H21NO/c1-7-13(5,6)12(15)11-9(3)8(2)10(4)14-11/h14H,7H2,1-6H3. The molecule has 1 aromatic rings. The minimum absolute atomic E-state index is 0.221. The second-order valence-corrected chi connectivity index (χ2v) is 4.94. The van der Waals surface area contributed by atoms with Crippen LogP contribution in [0.1, 0.15) is 54.5 Å². The molecule has 84 valence electrons. The molecule has 0 amide bonds. The van der Waals surface area contributed by atoms with E-state index in [4.69, 9.17) is 0 Å². The van der Waals surface area contributed by atoms with Gasteiger partial charge in [-0.25, -0.2) is 0 Å². The molecule has 0 fully saturated rings. The lowest BCUT2D eigenvalue weighted by molar-refractivity contribution is 0.0827. The molecule has 0 aromatic carbocycles. The number of ketones is 1. The molecule has 0 bridgehead atoms. The molecule has 0 aliphatic heterocycles. The first-order chi connectivity index (χ1) is 6.81. The Labute approximate surface area is 92.1 Å². The normalized spacial score (nSPS) is 11.9. The number of Topliss-reactive ketones (excluding diaryl/α,β-unsaturated/α-hetero) is 1. The third-order valence-corrected chi connectivity index (χ3v) is 3.54. The van der Waals surface area contributed by atoms with Crippen molar-refractivity contribution in [2.45, 2.75) is 48.0 Å². The Balaban J connectivity index is 3.18. The molecule has 1 N–H and O–H groups in total.